The van der Waals surface area contributed by atoms with Crippen LogP contribution in [0.2, 0.25) is 0 Å². The highest BCUT2D eigenvalue weighted by molar-refractivity contribution is 9.10. The minimum atomic E-state index is -5.17. The van der Waals surface area contributed by atoms with Crippen LogP contribution in [-0.4, -0.2) is 36.7 Å². The fourth-order valence-corrected chi connectivity index (χ4v) is 4.53. The van der Waals surface area contributed by atoms with Gasteiger partial charge in [-0.1, -0.05) is 12.1 Å². The molecule has 1 unspecified atom stereocenters. The zero-order chi connectivity index (χ0) is 25.2. The van der Waals surface area contributed by atoms with Crippen LogP contribution in [0.3, 0.4) is 0 Å². The summed E-state index contributed by atoms with van der Waals surface area (Å²) >= 11 is 2.96. The van der Waals surface area contributed by atoms with E-state index in [-0.39, 0.29) is 4.60 Å². The van der Waals surface area contributed by atoms with Gasteiger partial charge in [-0.25, -0.2) is 17.8 Å². The van der Waals surface area contributed by atoms with Gasteiger partial charge >= 0.3 is 6.18 Å². The molecule has 0 radical (unpaired) electrons. The van der Waals surface area contributed by atoms with E-state index in [1.807, 2.05) is 4.72 Å². The van der Waals surface area contributed by atoms with Crippen molar-refractivity contribution in [3.05, 3.63) is 62.6 Å². The number of para-hydroxylation sites is 1. The van der Waals surface area contributed by atoms with E-state index in [1.165, 1.54) is 12.1 Å². The number of nitrogens with zero attached hydrogens (tertiary/aromatic N) is 3. The molecule has 9 nitrogen and oxygen atoms in total. The molecule has 0 spiro atoms. The molecule has 0 bridgehead atoms. The van der Waals surface area contributed by atoms with E-state index in [1.54, 1.807) is 0 Å². The number of sulfonamides is 1. The van der Waals surface area contributed by atoms with Crippen LogP contribution in [0.15, 0.2) is 46.0 Å². The predicted octanol–water partition coefficient (Wildman–Crippen LogP) is 3.95. The van der Waals surface area contributed by atoms with Crippen molar-refractivity contribution in [3.63, 3.8) is 0 Å². The molecule has 1 aromatic carbocycles. The van der Waals surface area contributed by atoms with E-state index in [2.05, 4.69) is 20.9 Å². The highest BCUT2D eigenvalue weighted by Crippen LogP contribution is 2.36. The standard InChI is InChI=1S/C18H15BrF4N4O5S/c1-16(11-7-15(19)25-8-12(11)20,10-32-17(2,9-24)18(21,22)23)26-33(30,31)14-6-4-3-5-13(14)27(28)29/h3-8,26H,10H2,1-2H3/t16?,17-/m1/s1. The van der Waals surface area contributed by atoms with Gasteiger partial charge in [0.2, 0.25) is 15.6 Å². The van der Waals surface area contributed by atoms with Crippen LogP contribution in [0.4, 0.5) is 23.2 Å². The molecule has 1 N–H and O–H groups in total. The van der Waals surface area contributed by atoms with E-state index in [4.69, 9.17) is 10.00 Å². The summed E-state index contributed by atoms with van der Waals surface area (Å²) < 4.78 is 87.4. The van der Waals surface area contributed by atoms with E-state index in [0.29, 0.717) is 13.1 Å². The second-order valence-electron chi connectivity index (χ2n) is 7.08. The summed E-state index contributed by atoms with van der Waals surface area (Å²) in [4.78, 5) is 13.1. The van der Waals surface area contributed by atoms with Crippen LogP contribution < -0.4 is 4.72 Å². The van der Waals surface area contributed by atoms with Crippen molar-refractivity contribution in [2.24, 2.45) is 0 Å². The van der Waals surface area contributed by atoms with E-state index >= 15 is 0 Å². The van der Waals surface area contributed by atoms with Gasteiger partial charge < -0.3 is 4.74 Å². The molecule has 1 heterocycles. The smallest absolute Gasteiger partial charge is 0.350 e. The average Bonchev–Trinajstić information content (AvgIpc) is 2.72. The molecule has 0 saturated heterocycles. The first-order valence-electron chi connectivity index (χ1n) is 8.77. The van der Waals surface area contributed by atoms with Crippen molar-refractivity contribution >= 4 is 31.6 Å². The van der Waals surface area contributed by atoms with Crippen LogP contribution in [0.25, 0.3) is 0 Å². The Bertz CT molecular complexity index is 1220. The largest absolute Gasteiger partial charge is 0.430 e. The summed E-state index contributed by atoms with van der Waals surface area (Å²) in [6.07, 6.45) is -4.48. The number of nitro groups is 1. The SMILES string of the molecule is CC(CO[C@](C)(C#N)C(F)(F)F)(NS(=O)(=O)c1ccccc1[N+](=O)[O-])c1cc(Br)ncc1F. The number of rotatable bonds is 8. The molecule has 2 atom stereocenters. The van der Waals surface area contributed by atoms with Gasteiger partial charge in [-0.05, 0) is 41.9 Å². The second-order valence-corrected chi connectivity index (χ2v) is 9.54. The van der Waals surface area contributed by atoms with Gasteiger partial charge in [0.25, 0.3) is 5.69 Å². The predicted molar refractivity (Wildman–Crippen MR) is 109 cm³/mol. The lowest BCUT2D eigenvalue weighted by atomic mass is 9.94. The van der Waals surface area contributed by atoms with Crippen LogP contribution in [0.5, 0.6) is 0 Å². The number of halogens is 5. The third-order valence-electron chi connectivity index (χ3n) is 4.53. The number of ether oxygens (including phenoxy) is 1. The molecule has 1 aromatic heterocycles. The molecule has 0 amide bonds. The zero-order valence-corrected chi connectivity index (χ0v) is 19.3. The summed E-state index contributed by atoms with van der Waals surface area (Å²) in [5, 5.41) is 20.3. The first-order chi connectivity index (χ1) is 15.1. The molecule has 0 aliphatic carbocycles. The number of benzene rings is 1. The van der Waals surface area contributed by atoms with Gasteiger partial charge in [0, 0.05) is 11.6 Å². The Kier molecular flexibility index (Phi) is 7.49. The monoisotopic (exact) mass is 554 g/mol. The molecule has 2 rings (SSSR count). The first kappa shape index (κ1) is 26.6. The molecule has 0 saturated carbocycles. The summed E-state index contributed by atoms with van der Waals surface area (Å²) in [5.74, 6) is -1.11. The van der Waals surface area contributed by atoms with Gasteiger partial charge in [0.05, 0.1) is 23.3 Å². The third kappa shape index (κ3) is 5.64. The topological polar surface area (TPSA) is 135 Å². The van der Waals surface area contributed by atoms with Gasteiger partial charge in [-0.2, -0.15) is 23.2 Å². The van der Waals surface area contributed by atoms with Gasteiger partial charge in [-0.3, -0.25) is 10.1 Å². The van der Waals surface area contributed by atoms with Gasteiger partial charge in [-0.15, -0.1) is 0 Å². The Morgan fingerprint density at radius 2 is 1.91 bits per heavy atom. The zero-order valence-electron chi connectivity index (χ0n) is 16.9. The molecular formula is C18H15BrF4N4O5S. The number of nitrogens with one attached hydrogen (secondary N) is 1. The normalized spacial score (nSPS) is 15.8. The molecule has 33 heavy (non-hydrogen) atoms. The Morgan fingerprint density at radius 3 is 2.45 bits per heavy atom. The maximum atomic E-state index is 14.6. The van der Waals surface area contributed by atoms with Crippen molar-refractivity contribution in [2.75, 3.05) is 6.61 Å². The number of alkyl halides is 3. The van der Waals surface area contributed by atoms with Crippen molar-refractivity contribution in [2.45, 2.75) is 36.1 Å². The van der Waals surface area contributed by atoms with E-state index in [0.717, 1.165) is 31.2 Å². The van der Waals surface area contributed by atoms with Crippen molar-refractivity contribution in [1.29, 1.82) is 5.26 Å². The maximum Gasteiger partial charge on any atom is 0.430 e. The third-order valence-corrected chi connectivity index (χ3v) is 6.61. The molecule has 0 fully saturated rings. The number of pyridine rings is 1. The lowest BCUT2D eigenvalue weighted by molar-refractivity contribution is -0.387. The number of aromatic nitrogens is 1. The number of nitriles is 1. The van der Waals surface area contributed by atoms with Crippen LogP contribution in [0.1, 0.15) is 19.4 Å². The van der Waals surface area contributed by atoms with Crippen molar-refractivity contribution in [3.8, 4) is 6.07 Å². The Hall–Kier alpha value is -2.67. The molecular weight excluding hydrogens is 540 g/mol. The summed E-state index contributed by atoms with van der Waals surface area (Å²) in [5.41, 5.74) is -6.93. The number of hydrogen-bond acceptors (Lipinski definition) is 7. The average molecular weight is 555 g/mol. The minimum absolute atomic E-state index is 0.00822. The van der Waals surface area contributed by atoms with Gasteiger partial charge in [0.1, 0.15) is 16.5 Å². The van der Waals surface area contributed by atoms with Crippen LogP contribution in [-0.2, 0) is 20.3 Å². The van der Waals surface area contributed by atoms with Crippen LogP contribution in [0, 0.1) is 27.3 Å². The van der Waals surface area contributed by atoms with Gasteiger partial charge in [0.15, 0.2) is 4.90 Å². The summed E-state index contributed by atoms with van der Waals surface area (Å²) in [7, 11) is -4.82. The summed E-state index contributed by atoms with van der Waals surface area (Å²) in [6, 6.07) is 6.16. The quantitative estimate of drug-likeness (QED) is 0.226. The van der Waals surface area contributed by atoms with Crippen molar-refractivity contribution in [1.82, 2.24) is 9.71 Å². The highest BCUT2D eigenvalue weighted by Gasteiger charge is 2.54. The lowest BCUT2D eigenvalue weighted by Gasteiger charge is -2.34. The lowest BCUT2D eigenvalue weighted by Crippen LogP contribution is -2.52. The number of nitro benzene ring substituents is 1. The molecule has 178 valence electrons. The Labute approximate surface area is 193 Å². The molecule has 2 aromatic rings. The van der Waals surface area contributed by atoms with Crippen LogP contribution >= 0.6 is 15.9 Å². The maximum absolute atomic E-state index is 14.6. The second kappa shape index (κ2) is 9.29. The molecule has 15 heteroatoms. The van der Waals surface area contributed by atoms with Crippen molar-refractivity contribution < 1.29 is 35.6 Å². The molecule has 0 aliphatic heterocycles. The molecule has 0 aliphatic rings. The summed E-state index contributed by atoms with van der Waals surface area (Å²) in [6.45, 7) is 0.241. The Morgan fingerprint density at radius 1 is 1.30 bits per heavy atom. The Balaban J connectivity index is 2.63. The van der Waals surface area contributed by atoms with E-state index < -0.39 is 60.8 Å². The fraction of sp³-hybridized carbons (Fsp3) is 0.333. The first-order valence-corrected chi connectivity index (χ1v) is 11.0. The number of hydrogen-bond donors (Lipinski definition) is 1. The van der Waals surface area contributed by atoms with E-state index in [9.17, 15) is 36.1 Å². The fourth-order valence-electron chi connectivity index (χ4n) is 2.65. The highest BCUT2D eigenvalue weighted by atomic mass is 79.9. The minimum Gasteiger partial charge on any atom is -0.350 e.